The summed E-state index contributed by atoms with van der Waals surface area (Å²) in [5, 5.41) is 3.25. The van der Waals surface area contributed by atoms with Crippen LogP contribution in [0.3, 0.4) is 0 Å². The van der Waals surface area contributed by atoms with E-state index < -0.39 is 0 Å². The molecule has 0 radical (unpaired) electrons. The van der Waals surface area contributed by atoms with Crippen LogP contribution in [0.15, 0.2) is 0 Å². The van der Waals surface area contributed by atoms with E-state index in [1.807, 2.05) is 0 Å². The highest BCUT2D eigenvalue weighted by atomic mass is 16.1. The van der Waals surface area contributed by atoms with Crippen LogP contribution >= 0.6 is 0 Å². The van der Waals surface area contributed by atoms with Gasteiger partial charge in [-0.15, -0.1) is 0 Å². The minimum Gasteiger partial charge on any atom is -0.353 e. The third-order valence-electron chi connectivity index (χ3n) is 5.42. The first-order chi connectivity index (χ1) is 9.00. The number of hydrogen-bond donors (Lipinski definition) is 2. The zero-order chi connectivity index (χ0) is 13.9. The third-order valence-corrected chi connectivity index (χ3v) is 5.42. The molecule has 0 aromatic carbocycles. The minimum absolute atomic E-state index is 0.176. The Morgan fingerprint density at radius 2 is 1.84 bits per heavy atom. The Morgan fingerprint density at radius 1 is 1.16 bits per heavy atom. The van der Waals surface area contributed by atoms with E-state index in [-0.39, 0.29) is 11.4 Å². The van der Waals surface area contributed by atoms with Crippen LogP contribution in [0, 0.1) is 11.8 Å². The van der Waals surface area contributed by atoms with Crippen LogP contribution in [-0.4, -0.2) is 17.5 Å². The van der Waals surface area contributed by atoms with Crippen LogP contribution in [0.2, 0.25) is 0 Å². The molecule has 0 aromatic heterocycles. The Balaban J connectivity index is 1.83. The minimum atomic E-state index is -0.230. The summed E-state index contributed by atoms with van der Waals surface area (Å²) < 4.78 is 0. The van der Waals surface area contributed by atoms with Crippen LogP contribution in [0.1, 0.15) is 71.6 Å². The molecule has 2 aliphatic carbocycles. The first-order valence-corrected chi connectivity index (χ1v) is 8.08. The van der Waals surface area contributed by atoms with Crippen LogP contribution < -0.4 is 11.1 Å². The van der Waals surface area contributed by atoms with Crippen molar-refractivity contribution in [2.75, 3.05) is 0 Å². The Labute approximate surface area is 117 Å². The van der Waals surface area contributed by atoms with Gasteiger partial charge in [-0.1, -0.05) is 46.0 Å². The first-order valence-electron chi connectivity index (χ1n) is 8.08. The normalized spacial score (nSPS) is 34.8. The van der Waals surface area contributed by atoms with Gasteiger partial charge in [0.1, 0.15) is 0 Å². The van der Waals surface area contributed by atoms with Crippen molar-refractivity contribution in [1.29, 1.82) is 0 Å². The van der Waals surface area contributed by atoms with Gasteiger partial charge in [0.05, 0.1) is 0 Å². The summed E-state index contributed by atoms with van der Waals surface area (Å²) in [5.41, 5.74) is 6.14. The molecule has 3 atom stereocenters. The number of carbonyl (C=O) groups excluding carboxylic acids is 1. The van der Waals surface area contributed by atoms with Crippen molar-refractivity contribution < 1.29 is 4.79 Å². The van der Waals surface area contributed by atoms with Gasteiger partial charge in [0.25, 0.3) is 0 Å². The molecule has 1 amide bonds. The number of rotatable bonds is 3. The molecule has 0 saturated heterocycles. The molecule has 3 N–H and O–H groups in total. The van der Waals surface area contributed by atoms with Crippen molar-refractivity contribution in [2.24, 2.45) is 17.6 Å². The predicted molar refractivity (Wildman–Crippen MR) is 78.7 cm³/mol. The second kappa shape index (κ2) is 6.25. The van der Waals surface area contributed by atoms with Gasteiger partial charge in [0.15, 0.2) is 0 Å². The monoisotopic (exact) mass is 266 g/mol. The fourth-order valence-electron chi connectivity index (χ4n) is 3.80. The Kier molecular flexibility index (Phi) is 4.88. The van der Waals surface area contributed by atoms with Crippen molar-refractivity contribution in [2.45, 2.75) is 83.2 Å². The van der Waals surface area contributed by atoms with Gasteiger partial charge in [0, 0.05) is 18.0 Å². The lowest BCUT2D eigenvalue weighted by atomic mass is 9.77. The second-order valence-corrected chi connectivity index (χ2v) is 7.04. The van der Waals surface area contributed by atoms with Crippen molar-refractivity contribution in [1.82, 2.24) is 5.32 Å². The average Bonchev–Trinajstić information content (AvgIpc) is 2.35. The fraction of sp³-hybridized carbons (Fsp3) is 0.938. The van der Waals surface area contributed by atoms with Crippen LogP contribution in [0.4, 0.5) is 0 Å². The largest absolute Gasteiger partial charge is 0.353 e. The zero-order valence-corrected chi connectivity index (χ0v) is 12.6. The molecule has 2 saturated carbocycles. The molecule has 0 spiro atoms. The maximum atomic E-state index is 12.2. The molecule has 0 heterocycles. The zero-order valence-electron chi connectivity index (χ0n) is 12.6. The molecule has 2 fully saturated rings. The van der Waals surface area contributed by atoms with Crippen LogP contribution in [0.5, 0.6) is 0 Å². The van der Waals surface area contributed by atoms with E-state index in [4.69, 9.17) is 5.73 Å². The lowest BCUT2D eigenvalue weighted by Gasteiger charge is -2.37. The van der Waals surface area contributed by atoms with E-state index in [9.17, 15) is 4.79 Å². The molecule has 3 nitrogen and oxygen atoms in total. The highest BCUT2D eigenvalue weighted by molar-refractivity contribution is 5.77. The van der Waals surface area contributed by atoms with E-state index in [0.717, 1.165) is 25.2 Å². The Morgan fingerprint density at radius 3 is 2.53 bits per heavy atom. The number of carbonyl (C=O) groups is 1. The SMILES string of the molecule is CC1CCCC(NC(=O)CC2(N)CCCCC2)C1C. The Hall–Kier alpha value is -0.570. The quantitative estimate of drug-likeness (QED) is 0.825. The maximum absolute atomic E-state index is 12.2. The van der Waals surface area contributed by atoms with E-state index in [0.29, 0.717) is 18.4 Å². The Bertz CT molecular complexity index is 310. The summed E-state index contributed by atoms with van der Waals surface area (Å²) in [4.78, 5) is 12.2. The first kappa shape index (κ1) is 14.8. The number of nitrogens with two attached hydrogens (primary N) is 1. The summed E-state index contributed by atoms with van der Waals surface area (Å²) in [6, 6.07) is 0.364. The molecular weight excluding hydrogens is 236 g/mol. The lowest BCUT2D eigenvalue weighted by molar-refractivity contribution is -0.124. The highest BCUT2D eigenvalue weighted by Crippen LogP contribution is 2.31. The number of amides is 1. The van der Waals surface area contributed by atoms with E-state index >= 15 is 0 Å². The van der Waals surface area contributed by atoms with E-state index in [2.05, 4.69) is 19.2 Å². The highest BCUT2D eigenvalue weighted by Gasteiger charge is 2.32. The summed E-state index contributed by atoms with van der Waals surface area (Å²) in [6.07, 6.45) is 9.85. The van der Waals surface area contributed by atoms with Gasteiger partial charge in [-0.25, -0.2) is 0 Å². The van der Waals surface area contributed by atoms with Crippen molar-refractivity contribution in [3.05, 3.63) is 0 Å². The smallest absolute Gasteiger partial charge is 0.222 e. The number of nitrogens with one attached hydrogen (secondary N) is 1. The summed E-state index contributed by atoms with van der Waals surface area (Å²) >= 11 is 0. The van der Waals surface area contributed by atoms with Gasteiger partial charge in [-0.3, -0.25) is 4.79 Å². The summed E-state index contributed by atoms with van der Waals surface area (Å²) in [5.74, 6) is 1.49. The van der Waals surface area contributed by atoms with Crippen molar-refractivity contribution >= 4 is 5.91 Å². The van der Waals surface area contributed by atoms with Gasteiger partial charge in [-0.2, -0.15) is 0 Å². The summed E-state index contributed by atoms with van der Waals surface area (Å²) in [7, 11) is 0. The third kappa shape index (κ3) is 3.95. The second-order valence-electron chi connectivity index (χ2n) is 7.04. The van der Waals surface area contributed by atoms with Gasteiger partial charge in [-0.05, 0) is 31.1 Å². The molecule has 3 unspecified atom stereocenters. The van der Waals surface area contributed by atoms with E-state index in [1.54, 1.807) is 0 Å². The topological polar surface area (TPSA) is 55.1 Å². The molecule has 3 heteroatoms. The molecular formula is C16H30N2O. The van der Waals surface area contributed by atoms with Gasteiger partial charge < -0.3 is 11.1 Å². The molecule has 19 heavy (non-hydrogen) atoms. The lowest BCUT2D eigenvalue weighted by Crippen LogP contribution is -2.49. The maximum Gasteiger partial charge on any atom is 0.222 e. The molecule has 0 bridgehead atoms. The average molecular weight is 266 g/mol. The van der Waals surface area contributed by atoms with E-state index in [1.165, 1.54) is 32.1 Å². The fourth-order valence-corrected chi connectivity index (χ4v) is 3.80. The molecule has 2 aliphatic rings. The predicted octanol–water partition coefficient (Wildman–Crippen LogP) is 2.98. The van der Waals surface area contributed by atoms with Crippen molar-refractivity contribution in [3.8, 4) is 0 Å². The van der Waals surface area contributed by atoms with Crippen LogP contribution in [0.25, 0.3) is 0 Å². The molecule has 0 aliphatic heterocycles. The summed E-state index contributed by atoms with van der Waals surface area (Å²) in [6.45, 7) is 4.57. The standard InChI is InChI=1S/C16H30N2O/c1-12-7-6-8-14(13(12)2)18-15(19)11-16(17)9-4-3-5-10-16/h12-14H,3-11,17H2,1-2H3,(H,18,19). The molecule has 0 aromatic rings. The van der Waals surface area contributed by atoms with Gasteiger partial charge in [0.2, 0.25) is 5.91 Å². The molecule has 2 rings (SSSR count). The van der Waals surface area contributed by atoms with Crippen molar-refractivity contribution in [3.63, 3.8) is 0 Å². The molecule has 110 valence electrons. The van der Waals surface area contributed by atoms with Crippen LogP contribution in [-0.2, 0) is 4.79 Å². The number of hydrogen-bond acceptors (Lipinski definition) is 2. The van der Waals surface area contributed by atoms with Gasteiger partial charge >= 0.3 is 0 Å².